The van der Waals surface area contributed by atoms with Gasteiger partial charge in [0.1, 0.15) is 5.82 Å². The minimum absolute atomic E-state index is 0.240. The molecular formula is C17H23F4N3O. The molecule has 25 heavy (non-hydrogen) atoms. The molecule has 1 aliphatic rings. The van der Waals surface area contributed by atoms with Crippen LogP contribution in [0.15, 0.2) is 29.3 Å². The minimum atomic E-state index is -4.21. The van der Waals surface area contributed by atoms with Crippen molar-refractivity contribution in [3.63, 3.8) is 0 Å². The molecule has 0 radical (unpaired) electrons. The maximum atomic E-state index is 13.2. The molecular weight excluding hydrogens is 338 g/mol. The van der Waals surface area contributed by atoms with Crippen molar-refractivity contribution in [3.8, 4) is 0 Å². The molecule has 0 amide bonds. The van der Waals surface area contributed by atoms with E-state index in [2.05, 4.69) is 15.6 Å². The molecule has 1 fully saturated rings. The molecule has 0 saturated carbocycles. The number of hydrogen-bond donors (Lipinski definition) is 2. The Morgan fingerprint density at radius 3 is 2.36 bits per heavy atom. The number of hydrogen-bond acceptors (Lipinski definition) is 2. The summed E-state index contributed by atoms with van der Waals surface area (Å²) in [5.74, 6) is 0.0146. The van der Waals surface area contributed by atoms with Gasteiger partial charge >= 0.3 is 6.18 Å². The van der Waals surface area contributed by atoms with E-state index < -0.39 is 12.6 Å². The van der Waals surface area contributed by atoms with Gasteiger partial charge in [-0.05, 0) is 30.5 Å². The molecule has 1 aliphatic heterocycles. The highest BCUT2D eigenvalue weighted by molar-refractivity contribution is 5.79. The lowest BCUT2D eigenvalue weighted by Crippen LogP contribution is -2.48. The van der Waals surface area contributed by atoms with E-state index in [1.165, 1.54) is 19.2 Å². The molecule has 0 spiro atoms. The lowest BCUT2D eigenvalue weighted by Gasteiger charge is -2.38. The van der Waals surface area contributed by atoms with Crippen LogP contribution in [0.3, 0.4) is 0 Å². The Morgan fingerprint density at radius 1 is 1.16 bits per heavy atom. The fourth-order valence-electron chi connectivity index (χ4n) is 2.93. The second kappa shape index (κ2) is 8.51. The standard InChI is InChI=1S/C17H23F4N3O/c1-22-15(23-9-6-17(19,20)21)24-12-16(7-10-25-11-8-16)13-2-4-14(18)5-3-13/h2-5H,6-12H2,1H3,(H2,22,23,24). The van der Waals surface area contributed by atoms with Gasteiger partial charge in [0.15, 0.2) is 5.96 Å². The summed E-state index contributed by atoms with van der Waals surface area (Å²) in [6.07, 6.45) is -3.65. The molecule has 140 valence electrons. The van der Waals surface area contributed by atoms with Crippen molar-refractivity contribution in [2.24, 2.45) is 4.99 Å². The molecule has 0 aliphatic carbocycles. The van der Waals surface area contributed by atoms with Gasteiger partial charge < -0.3 is 15.4 Å². The van der Waals surface area contributed by atoms with Gasteiger partial charge in [-0.1, -0.05) is 12.1 Å². The van der Waals surface area contributed by atoms with E-state index >= 15 is 0 Å². The number of alkyl halides is 3. The van der Waals surface area contributed by atoms with E-state index in [1.54, 1.807) is 12.1 Å². The van der Waals surface area contributed by atoms with Crippen LogP contribution in [0.1, 0.15) is 24.8 Å². The van der Waals surface area contributed by atoms with Crippen LogP contribution in [0.4, 0.5) is 17.6 Å². The summed E-state index contributed by atoms with van der Waals surface area (Å²) in [6.45, 7) is 1.40. The highest BCUT2D eigenvalue weighted by atomic mass is 19.4. The van der Waals surface area contributed by atoms with Crippen LogP contribution in [-0.2, 0) is 10.2 Å². The number of benzene rings is 1. The van der Waals surface area contributed by atoms with Crippen LogP contribution in [0, 0.1) is 5.82 Å². The van der Waals surface area contributed by atoms with Gasteiger partial charge in [-0.25, -0.2) is 4.39 Å². The molecule has 1 aromatic rings. The van der Waals surface area contributed by atoms with Crippen LogP contribution < -0.4 is 10.6 Å². The molecule has 0 atom stereocenters. The fraction of sp³-hybridized carbons (Fsp3) is 0.588. The number of aliphatic imine (C=N–C) groups is 1. The van der Waals surface area contributed by atoms with E-state index in [4.69, 9.17) is 4.74 Å². The fourth-order valence-corrected chi connectivity index (χ4v) is 2.93. The zero-order chi connectivity index (χ0) is 18.3. The highest BCUT2D eigenvalue weighted by Crippen LogP contribution is 2.34. The topological polar surface area (TPSA) is 45.7 Å². The average Bonchev–Trinajstić information content (AvgIpc) is 2.58. The minimum Gasteiger partial charge on any atom is -0.381 e. The first kappa shape index (κ1) is 19.5. The highest BCUT2D eigenvalue weighted by Gasteiger charge is 2.34. The second-order valence-electron chi connectivity index (χ2n) is 6.12. The summed E-state index contributed by atoms with van der Waals surface area (Å²) >= 11 is 0. The number of nitrogens with zero attached hydrogens (tertiary/aromatic N) is 1. The predicted octanol–water partition coefficient (Wildman–Crippen LogP) is 2.99. The Bertz CT molecular complexity index is 566. The normalized spacial score (nSPS) is 18.0. The molecule has 1 aromatic carbocycles. The van der Waals surface area contributed by atoms with Crippen LogP contribution in [-0.4, -0.2) is 45.5 Å². The molecule has 1 heterocycles. The summed E-state index contributed by atoms with van der Waals surface area (Å²) in [4.78, 5) is 3.97. The number of rotatable bonds is 5. The third-order valence-electron chi connectivity index (χ3n) is 4.43. The molecule has 8 heteroatoms. The van der Waals surface area contributed by atoms with Crippen molar-refractivity contribution in [2.45, 2.75) is 30.9 Å². The van der Waals surface area contributed by atoms with Crippen molar-refractivity contribution < 1.29 is 22.3 Å². The Hall–Kier alpha value is -1.83. The number of nitrogens with one attached hydrogen (secondary N) is 2. The lowest BCUT2D eigenvalue weighted by atomic mass is 9.74. The van der Waals surface area contributed by atoms with E-state index in [0.717, 1.165) is 18.4 Å². The quantitative estimate of drug-likeness (QED) is 0.482. The van der Waals surface area contributed by atoms with Gasteiger partial charge in [0.05, 0.1) is 6.42 Å². The Labute approximate surface area is 144 Å². The third-order valence-corrected chi connectivity index (χ3v) is 4.43. The first-order valence-electron chi connectivity index (χ1n) is 8.20. The van der Waals surface area contributed by atoms with Crippen LogP contribution >= 0.6 is 0 Å². The number of guanidine groups is 1. The zero-order valence-corrected chi connectivity index (χ0v) is 14.1. The van der Waals surface area contributed by atoms with E-state index in [-0.39, 0.29) is 17.8 Å². The molecule has 0 unspecified atom stereocenters. The van der Waals surface area contributed by atoms with Gasteiger partial charge in [0.25, 0.3) is 0 Å². The second-order valence-corrected chi connectivity index (χ2v) is 6.12. The average molecular weight is 361 g/mol. The Morgan fingerprint density at radius 2 is 1.80 bits per heavy atom. The molecule has 2 rings (SSSR count). The van der Waals surface area contributed by atoms with E-state index in [0.29, 0.717) is 25.7 Å². The monoisotopic (exact) mass is 361 g/mol. The van der Waals surface area contributed by atoms with Crippen LogP contribution in [0.25, 0.3) is 0 Å². The van der Waals surface area contributed by atoms with Gasteiger partial charge in [0.2, 0.25) is 0 Å². The SMILES string of the molecule is CN=C(NCCC(F)(F)F)NCC1(c2ccc(F)cc2)CCOCC1. The summed E-state index contributed by atoms with van der Waals surface area (Å²) in [7, 11) is 1.51. The zero-order valence-electron chi connectivity index (χ0n) is 14.1. The maximum Gasteiger partial charge on any atom is 0.390 e. The lowest BCUT2D eigenvalue weighted by molar-refractivity contribution is -0.132. The maximum absolute atomic E-state index is 13.2. The first-order valence-corrected chi connectivity index (χ1v) is 8.20. The van der Waals surface area contributed by atoms with Crippen molar-refractivity contribution in [1.29, 1.82) is 0 Å². The van der Waals surface area contributed by atoms with Crippen molar-refractivity contribution in [1.82, 2.24) is 10.6 Å². The Kier molecular flexibility index (Phi) is 6.64. The molecule has 2 N–H and O–H groups in total. The summed E-state index contributed by atoms with van der Waals surface area (Å²) in [6, 6.07) is 6.34. The number of halogens is 4. The summed E-state index contributed by atoms with van der Waals surface area (Å²) in [5, 5.41) is 5.77. The third kappa shape index (κ3) is 5.88. The smallest absolute Gasteiger partial charge is 0.381 e. The number of ether oxygens (including phenoxy) is 1. The van der Waals surface area contributed by atoms with Crippen LogP contribution in [0.2, 0.25) is 0 Å². The predicted molar refractivity (Wildman–Crippen MR) is 88.2 cm³/mol. The molecule has 4 nitrogen and oxygen atoms in total. The van der Waals surface area contributed by atoms with Gasteiger partial charge in [-0.3, -0.25) is 4.99 Å². The van der Waals surface area contributed by atoms with Crippen molar-refractivity contribution in [3.05, 3.63) is 35.6 Å². The summed E-state index contributed by atoms with van der Waals surface area (Å²) in [5.41, 5.74) is 0.712. The summed E-state index contributed by atoms with van der Waals surface area (Å²) < 4.78 is 55.4. The van der Waals surface area contributed by atoms with Crippen molar-refractivity contribution in [2.75, 3.05) is 33.4 Å². The molecule has 0 aromatic heterocycles. The largest absolute Gasteiger partial charge is 0.390 e. The van der Waals surface area contributed by atoms with E-state index in [9.17, 15) is 17.6 Å². The van der Waals surface area contributed by atoms with E-state index in [1.807, 2.05) is 0 Å². The molecule has 0 bridgehead atoms. The van der Waals surface area contributed by atoms with Gasteiger partial charge in [0, 0.05) is 38.8 Å². The molecule has 1 saturated heterocycles. The van der Waals surface area contributed by atoms with Gasteiger partial charge in [-0.15, -0.1) is 0 Å². The first-order chi connectivity index (χ1) is 11.8. The van der Waals surface area contributed by atoms with Crippen molar-refractivity contribution >= 4 is 5.96 Å². The Balaban J connectivity index is 2.00. The van der Waals surface area contributed by atoms with Gasteiger partial charge in [-0.2, -0.15) is 13.2 Å². The van der Waals surface area contributed by atoms with Crippen LogP contribution in [0.5, 0.6) is 0 Å².